The lowest BCUT2D eigenvalue weighted by atomic mass is 9.61. The Bertz CT molecular complexity index is 282. The molecule has 2 heterocycles. The third-order valence-electron chi connectivity index (χ3n) is 5.44. The number of rotatable bonds is 1. The number of hydrogen-bond donors (Lipinski definition) is 1. The molecule has 2 bridgehead atoms. The molecule has 0 radical (unpaired) electrons. The van der Waals surface area contributed by atoms with Gasteiger partial charge in [-0.1, -0.05) is 12.8 Å². The van der Waals surface area contributed by atoms with Gasteiger partial charge in [-0.3, -0.25) is 0 Å². The fraction of sp³-hybridized carbons (Fsp3) is 1.00. The Morgan fingerprint density at radius 3 is 2.38 bits per heavy atom. The summed E-state index contributed by atoms with van der Waals surface area (Å²) >= 11 is 0. The maximum absolute atomic E-state index is 6.53. The van der Waals surface area contributed by atoms with E-state index in [0.717, 1.165) is 12.3 Å². The molecule has 4 rings (SSSR count). The summed E-state index contributed by atoms with van der Waals surface area (Å²) in [5.74, 6) is 1.37. The average molecular weight is 223 g/mol. The molecule has 2 nitrogen and oxygen atoms in total. The number of fused-ring (bicyclic) bond motifs is 3. The van der Waals surface area contributed by atoms with Crippen LogP contribution in [0, 0.1) is 11.8 Å². The standard InChI is InChI=1S/C14H25NO/c1-13(2)11-7-8-14(16-13,9-12(11)15)10-5-3-4-6-10/h10-12H,3-9,15H2,1-2H3. The van der Waals surface area contributed by atoms with Crippen molar-refractivity contribution in [1.29, 1.82) is 0 Å². The van der Waals surface area contributed by atoms with Crippen LogP contribution in [0.25, 0.3) is 0 Å². The molecule has 2 saturated carbocycles. The minimum absolute atomic E-state index is 0.0124. The van der Waals surface area contributed by atoms with Crippen molar-refractivity contribution in [3.63, 3.8) is 0 Å². The molecule has 2 heteroatoms. The summed E-state index contributed by atoms with van der Waals surface area (Å²) in [4.78, 5) is 0. The molecule has 4 fully saturated rings. The monoisotopic (exact) mass is 223 g/mol. The summed E-state index contributed by atoms with van der Waals surface area (Å²) in [7, 11) is 0. The van der Waals surface area contributed by atoms with Crippen LogP contribution in [0.2, 0.25) is 0 Å². The van der Waals surface area contributed by atoms with E-state index in [1.807, 2.05) is 0 Å². The maximum Gasteiger partial charge on any atom is 0.0732 e. The lowest BCUT2D eigenvalue weighted by Crippen LogP contribution is -2.65. The first-order chi connectivity index (χ1) is 7.54. The largest absolute Gasteiger partial charge is 0.368 e. The summed E-state index contributed by atoms with van der Waals surface area (Å²) in [6, 6.07) is 0.373. The highest BCUT2D eigenvalue weighted by Crippen LogP contribution is 2.55. The first-order valence-electron chi connectivity index (χ1n) is 6.99. The first-order valence-corrected chi connectivity index (χ1v) is 6.99. The molecule has 0 aromatic heterocycles. The molecule has 2 N–H and O–H groups in total. The first kappa shape index (κ1) is 11.0. The molecule has 2 aliphatic heterocycles. The van der Waals surface area contributed by atoms with Crippen molar-refractivity contribution in [3.05, 3.63) is 0 Å². The van der Waals surface area contributed by atoms with Gasteiger partial charge in [0.25, 0.3) is 0 Å². The van der Waals surface area contributed by atoms with Gasteiger partial charge in [0.05, 0.1) is 11.2 Å². The number of nitrogens with two attached hydrogens (primary N) is 1. The van der Waals surface area contributed by atoms with Crippen molar-refractivity contribution in [1.82, 2.24) is 0 Å². The molecule has 2 aliphatic carbocycles. The predicted octanol–water partition coefficient (Wildman–Crippen LogP) is 2.85. The second-order valence-electron chi connectivity index (χ2n) is 6.76. The molecule has 0 amide bonds. The minimum Gasteiger partial charge on any atom is -0.368 e. The number of hydrogen-bond acceptors (Lipinski definition) is 2. The van der Waals surface area contributed by atoms with Gasteiger partial charge in [-0.2, -0.15) is 0 Å². The van der Waals surface area contributed by atoms with E-state index in [1.165, 1.54) is 38.5 Å². The molecule has 0 aromatic carbocycles. The van der Waals surface area contributed by atoms with Crippen LogP contribution in [-0.4, -0.2) is 17.2 Å². The van der Waals surface area contributed by atoms with Crippen molar-refractivity contribution in [2.24, 2.45) is 17.6 Å². The molecule has 2 saturated heterocycles. The molecular formula is C14H25NO. The predicted molar refractivity (Wildman–Crippen MR) is 65.2 cm³/mol. The van der Waals surface area contributed by atoms with E-state index in [1.54, 1.807) is 0 Å². The number of ether oxygens (including phenoxy) is 1. The van der Waals surface area contributed by atoms with Crippen LogP contribution in [0.1, 0.15) is 58.8 Å². The molecule has 0 spiro atoms. The highest BCUT2D eigenvalue weighted by atomic mass is 16.5. The van der Waals surface area contributed by atoms with Crippen LogP contribution < -0.4 is 5.73 Å². The molecular weight excluding hydrogens is 198 g/mol. The van der Waals surface area contributed by atoms with Gasteiger partial charge in [0.1, 0.15) is 0 Å². The Morgan fingerprint density at radius 1 is 1.12 bits per heavy atom. The van der Waals surface area contributed by atoms with E-state index >= 15 is 0 Å². The zero-order valence-corrected chi connectivity index (χ0v) is 10.7. The van der Waals surface area contributed by atoms with Crippen LogP contribution in [-0.2, 0) is 4.74 Å². The van der Waals surface area contributed by atoms with E-state index in [9.17, 15) is 0 Å². The van der Waals surface area contributed by atoms with Crippen molar-refractivity contribution in [2.75, 3.05) is 0 Å². The average Bonchev–Trinajstić information content (AvgIpc) is 2.68. The van der Waals surface area contributed by atoms with Crippen molar-refractivity contribution < 1.29 is 4.74 Å². The Hall–Kier alpha value is -0.0800. The third kappa shape index (κ3) is 1.46. The Labute approximate surface area is 98.9 Å². The van der Waals surface area contributed by atoms with Gasteiger partial charge in [0.2, 0.25) is 0 Å². The summed E-state index contributed by atoms with van der Waals surface area (Å²) in [5, 5.41) is 0. The maximum atomic E-state index is 6.53. The molecule has 92 valence electrons. The third-order valence-corrected chi connectivity index (χ3v) is 5.44. The molecule has 16 heavy (non-hydrogen) atoms. The van der Waals surface area contributed by atoms with Crippen LogP contribution in [0.4, 0.5) is 0 Å². The lowest BCUT2D eigenvalue weighted by molar-refractivity contribution is -0.263. The van der Waals surface area contributed by atoms with Gasteiger partial charge < -0.3 is 10.5 Å². The van der Waals surface area contributed by atoms with Crippen molar-refractivity contribution >= 4 is 0 Å². The van der Waals surface area contributed by atoms with Gasteiger partial charge in [-0.15, -0.1) is 0 Å². The second-order valence-corrected chi connectivity index (χ2v) is 6.76. The van der Waals surface area contributed by atoms with Gasteiger partial charge in [-0.05, 0) is 51.9 Å². The van der Waals surface area contributed by atoms with Crippen LogP contribution in [0.15, 0.2) is 0 Å². The molecule has 0 aromatic rings. The SMILES string of the molecule is CC1(C)OC2(C3CCCC3)CCC1C(N)C2. The van der Waals surface area contributed by atoms with Gasteiger partial charge in [-0.25, -0.2) is 0 Å². The fourth-order valence-electron chi connectivity index (χ4n) is 4.72. The Morgan fingerprint density at radius 2 is 1.81 bits per heavy atom. The van der Waals surface area contributed by atoms with Gasteiger partial charge in [0, 0.05) is 12.0 Å². The van der Waals surface area contributed by atoms with Crippen LogP contribution in [0.5, 0.6) is 0 Å². The topological polar surface area (TPSA) is 35.2 Å². The van der Waals surface area contributed by atoms with Crippen molar-refractivity contribution in [3.8, 4) is 0 Å². The summed E-state index contributed by atoms with van der Waals surface area (Å²) in [5.41, 5.74) is 6.53. The highest BCUT2D eigenvalue weighted by molar-refractivity contribution is 5.08. The van der Waals surface area contributed by atoms with Crippen LogP contribution in [0.3, 0.4) is 0 Å². The van der Waals surface area contributed by atoms with E-state index < -0.39 is 0 Å². The van der Waals surface area contributed by atoms with Crippen LogP contribution >= 0.6 is 0 Å². The highest BCUT2D eigenvalue weighted by Gasteiger charge is 2.57. The molecule has 3 unspecified atom stereocenters. The summed E-state index contributed by atoms with van der Waals surface area (Å²) < 4.78 is 6.53. The Kier molecular flexibility index (Phi) is 2.38. The van der Waals surface area contributed by atoms with E-state index in [-0.39, 0.29) is 11.2 Å². The lowest BCUT2D eigenvalue weighted by Gasteiger charge is -2.60. The van der Waals surface area contributed by atoms with E-state index in [4.69, 9.17) is 10.5 Å². The zero-order valence-electron chi connectivity index (χ0n) is 10.7. The summed E-state index contributed by atoms with van der Waals surface area (Å²) in [6.45, 7) is 4.50. The molecule has 4 aliphatic rings. The quantitative estimate of drug-likeness (QED) is 0.742. The molecule has 3 atom stereocenters. The normalized spacial score (nSPS) is 47.4. The van der Waals surface area contributed by atoms with E-state index in [2.05, 4.69) is 13.8 Å². The fourth-order valence-corrected chi connectivity index (χ4v) is 4.72. The van der Waals surface area contributed by atoms with Gasteiger partial charge in [0.15, 0.2) is 0 Å². The minimum atomic E-state index is 0.0124. The Balaban J connectivity index is 1.89. The van der Waals surface area contributed by atoms with Gasteiger partial charge >= 0.3 is 0 Å². The summed E-state index contributed by atoms with van der Waals surface area (Å²) in [6.07, 6.45) is 9.20. The van der Waals surface area contributed by atoms with Crippen molar-refractivity contribution in [2.45, 2.75) is 76.0 Å². The smallest absolute Gasteiger partial charge is 0.0732 e. The second kappa shape index (κ2) is 3.46. The zero-order chi connectivity index (χ0) is 11.4. The van der Waals surface area contributed by atoms with E-state index in [0.29, 0.717) is 12.0 Å².